The Morgan fingerprint density at radius 3 is 2.62 bits per heavy atom. The van der Waals surface area contributed by atoms with Crippen LogP contribution in [0.3, 0.4) is 0 Å². The van der Waals surface area contributed by atoms with E-state index < -0.39 is 0 Å². The summed E-state index contributed by atoms with van der Waals surface area (Å²) in [5.41, 5.74) is 0. The van der Waals surface area contributed by atoms with Crippen LogP contribution in [0.4, 0.5) is 0 Å². The first-order chi connectivity index (χ1) is 6.40. The van der Waals surface area contributed by atoms with Gasteiger partial charge in [-0.1, -0.05) is 12.8 Å². The third-order valence-electron chi connectivity index (χ3n) is 3.30. The predicted molar refractivity (Wildman–Crippen MR) is 52.1 cm³/mol. The van der Waals surface area contributed by atoms with Gasteiger partial charge in [0.1, 0.15) is 0 Å². The Bertz CT molecular complexity index is 203. The van der Waals surface area contributed by atoms with Crippen molar-refractivity contribution in [1.29, 1.82) is 5.26 Å². The Morgan fingerprint density at radius 2 is 1.92 bits per heavy atom. The van der Waals surface area contributed by atoms with Crippen LogP contribution in [-0.2, 0) is 0 Å². The second kappa shape index (κ2) is 4.11. The highest BCUT2D eigenvalue weighted by atomic mass is 14.9. The van der Waals surface area contributed by atoms with Crippen molar-refractivity contribution in [2.24, 2.45) is 11.8 Å². The molecule has 1 N–H and O–H groups in total. The zero-order chi connectivity index (χ0) is 9.10. The molecule has 0 radical (unpaired) electrons. The third kappa shape index (κ3) is 2.45. The Morgan fingerprint density at radius 1 is 1.15 bits per heavy atom. The summed E-state index contributed by atoms with van der Waals surface area (Å²) in [4.78, 5) is 0. The van der Waals surface area contributed by atoms with E-state index in [9.17, 15) is 0 Å². The number of nitrogens with one attached hydrogen (secondary N) is 1. The van der Waals surface area contributed by atoms with Crippen molar-refractivity contribution in [3.63, 3.8) is 0 Å². The zero-order valence-electron chi connectivity index (χ0n) is 8.13. The van der Waals surface area contributed by atoms with Gasteiger partial charge < -0.3 is 5.32 Å². The minimum Gasteiger partial charge on any atom is -0.312 e. The monoisotopic (exact) mass is 178 g/mol. The van der Waals surface area contributed by atoms with E-state index in [2.05, 4.69) is 11.4 Å². The number of rotatable bonds is 3. The van der Waals surface area contributed by atoms with Crippen molar-refractivity contribution in [3.05, 3.63) is 0 Å². The van der Waals surface area contributed by atoms with Crippen molar-refractivity contribution in [2.75, 3.05) is 6.54 Å². The van der Waals surface area contributed by atoms with Crippen molar-refractivity contribution >= 4 is 0 Å². The average molecular weight is 178 g/mol. The molecule has 2 aliphatic carbocycles. The summed E-state index contributed by atoms with van der Waals surface area (Å²) in [6.07, 6.45) is 7.68. The van der Waals surface area contributed by atoms with E-state index in [1.165, 1.54) is 32.1 Å². The summed E-state index contributed by atoms with van der Waals surface area (Å²) in [6, 6.07) is 2.94. The summed E-state index contributed by atoms with van der Waals surface area (Å²) in [6.45, 7) is 1.16. The second-order valence-electron chi connectivity index (χ2n) is 4.48. The largest absolute Gasteiger partial charge is 0.312 e. The van der Waals surface area contributed by atoms with Gasteiger partial charge in [0, 0.05) is 6.04 Å². The van der Waals surface area contributed by atoms with E-state index in [1.54, 1.807) is 0 Å². The quantitative estimate of drug-likeness (QED) is 0.718. The first-order valence-corrected chi connectivity index (χ1v) is 5.53. The average Bonchev–Trinajstić information content (AvgIpc) is 2.99. The summed E-state index contributed by atoms with van der Waals surface area (Å²) in [5, 5.41) is 12.5. The SMILES string of the molecule is N#CC1CCCCC1NCC1CC1. The Hall–Kier alpha value is -0.550. The molecule has 2 saturated carbocycles. The molecule has 2 nitrogen and oxygen atoms in total. The van der Waals surface area contributed by atoms with Crippen molar-refractivity contribution in [3.8, 4) is 6.07 Å². The highest BCUT2D eigenvalue weighted by Gasteiger charge is 2.27. The molecule has 2 rings (SSSR count). The lowest BCUT2D eigenvalue weighted by atomic mass is 9.85. The molecule has 0 aromatic carbocycles. The molecule has 0 amide bonds. The van der Waals surface area contributed by atoms with Gasteiger partial charge in [-0.25, -0.2) is 0 Å². The molecule has 2 heteroatoms. The Labute approximate surface area is 80.3 Å². The molecule has 0 heterocycles. The first kappa shape index (κ1) is 9.02. The minimum atomic E-state index is 0.285. The molecule has 0 bridgehead atoms. The molecular formula is C11H18N2. The maximum Gasteiger partial charge on any atom is 0.0672 e. The fourth-order valence-corrected chi connectivity index (χ4v) is 2.17. The van der Waals surface area contributed by atoms with Gasteiger partial charge in [0.15, 0.2) is 0 Å². The molecule has 2 unspecified atom stereocenters. The van der Waals surface area contributed by atoms with Gasteiger partial charge in [-0.05, 0) is 38.1 Å². The van der Waals surface area contributed by atoms with Crippen LogP contribution in [0.5, 0.6) is 0 Å². The van der Waals surface area contributed by atoms with Gasteiger partial charge in [0.05, 0.1) is 12.0 Å². The van der Waals surface area contributed by atoms with Crippen molar-refractivity contribution < 1.29 is 0 Å². The second-order valence-corrected chi connectivity index (χ2v) is 4.48. The van der Waals surface area contributed by atoms with Gasteiger partial charge in [-0.2, -0.15) is 5.26 Å². The van der Waals surface area contributed by atoms with E-state index in [4.69, 9.17) is 5.26 Å². The molecule has 2 aliphatic rings. The summed E-state index contributed by atoms with van der Waals surface area (Å²) >= 11 is 0. The lowest BCUT2D eigenvalue weighted by Crippen LogP contribution is -2.38. The molecule has 2 atom stereocenters. The van der Waals surface area contributed by atoms with E-state index in [1.807, 2.05) is 0 Å². The zero-order valence-corrected chi connectivity index (χ0v) is 8.13. The number of nitriles is 1. The smallest absolute Gasteiger partial charge is 0.0672 e. The highest BCUT2D eigenvalue weighted by molar-refractivity contribution is 4.95. The maximum absolute atomic E-state index is 8.95. The van der Waals surface area contributed by atoms with Crippen LogP contribution in [-0.4, -0.2) is 12.6 Å². The predicted octanol–water partition coefficient (Wildman–Crippen LogP) is 2.07. The van der Waals surface area contributed by atoms with Crippen LogP contribution in [0, 0.1) is 23.2 Å². The molecule has 0 spiro atoms. The molecule has 13 heavy (non-hydrogen) atoms. The maximum atomic E-state index is 8.95. The molecule has 2 fully saturated rings. The topological polar surface area (TPSA) is 35.8 Å². The Kier molecular flexibility index (Phi) is 2.85. The van der Waals surface area contributed by atoms with Crippen molar-refractivity contribution in [1.82, 2.24) is 5.32 Å². The molecule has 0 aromatic rings. The molecule has 0 aliphatic heterocycles. The van der Waals surface area contributed by atoms with Gasteiger partial charge >= 0.3 is 0 Å². The first-order valence-electron chi connectivity index (χ1n) is 5.53. The van der Waals surface area contributed by atoms with Gasteiger partial charge in [-0.15, -0.1) is 0 Å². The fraction of sp³-hybridized carbons (Fsp3) is 0.909. The summed E-state index contributed by atoms with van der Waals surface area (Å²) in [7, 11) is 0. The molecule has 0 aromatic heterocycles. The normalized spacial score (nSPS) is 34.1. The standard InChI is InChI=1S/C11H18N2/c12-7-10-3-1-2-4-11(10)13-8-9-5-6-9/h9-11,13H,1-6,8H2. The van der Waals surface area contributed by atoms with Crippen LogP contribution in [0.2, 0.25) is 0 Å². The van der Waals surface area contributed by atoms with Crippen molar-refractivity contribution in [2.45, 2.75) is 44.6 Å². The molecular weight excluding hydrogens is 160 g/mol. The van der Waals surface area contributed by atoms with Crippen LogP contribution in [0.25, 0.3) is 0 Å². The number of nitrogens with zero attached hydrogens (tertiary/aromatic N) is 1. The number of hydrogen-bond acceptors (Lipinski definition) is 2. The summed E-state index contributed by atoms with van der Waals surface area (Å²) < 4.78 is 0. The van der Waals surface area contributed by atoms with E-state index in [0.717, 1.165) is 18.9 Å². The van der Waals surface area contributed by atoms with Crippen LogP contribution >= 0.6 is 0 Å². The van der Waals surface area contributed by atoms with Gasteiger partial charge in [-0.3, -0.25) is 0 Å². The highest BCUT2D eigenvalue weighted by Crippen LogP contribution is 2.29. The van der Waals surface area contributed by atoms with Gasteiger partial charge in [0.25, 0.3) is 0 Å². The lowest BCUT2D eigenvalue weighted by molar-refractivity contribution is 0.310. The van der Waals surface area contributed by atoms with E-state index in [0.29, 0.717) is 6.04 Å². The van der Waals surface area contributed by atoms with Crippen LogP contribution in [0.15, 0.2) is 0 Å². The van der Waals surface area contributed by atoms with E-state index >= 15 is 0 Å². The third-order valence-corrected chi connectivity index (χ3v) is 3.30. The van der Waals surface area contributed by atoms with Crippen LogP contribution in [0.1, 0.15) is 38.5 Å². The molecule has 0 saturated heterocycles. The molecule has 72 valence electrons. The van der Waals surface area contributed by atoms with Crippen LogP contribution < -0.4 is 5.32 Å². The Balaban J connectivity index is 1.76. The number of hydrogen-bond donors (Lipinski definition) is 1. The van der Waals surface area contributed by atoms with E-state index in [-0.39, 0.29) is 5.92 Å². The van der Waals surface area contributed by atoms with Gasteiger partial charge in [0.2, 0.25) is 0 Å². The fourth-order valence-electron chi connectivity index (χ4n) is 2.17. The lowest BCUT2D eigenvalue weighted by Gasteiger charge is -2.27. The summed E-state index contributed by atoms with van der Waals surface area (Å²) in [5.74, 6) is 1.22. The minimum absolute atomic E-state index is 0.285.